The molecule has 2 unspecified atom stereocenters. The van der Waals surface area contributed by atoms with Crippen molar-refractivity contribution < 1.29 is 4.74 Å². The highest BCUT2D eigenvalue weighted by Gasteiger charge is 2.30. The summed E-state index contributed by atoms with van der Waals surface area (Å²) in [5.74, 6) is 0.980. The summed E-state index contributed by atoms with van der Waals surface area (Å²) in [7, 11) is 1.75. The van der Waals surface area contributed by atoms with Gasteiger partial charge in [0.1, 0.15) is 5.75 Å². The lowest BCUT2D eigenvalue weighted by Gasteiger charge is -2.37. The summed E-state index contributed by atoms with van der Waals surface area (Å²) >= 11 is 0. The van der Waals surface area contributed by atoms with Crippen LogP contribution in [0.4, 0.5) is 0 Å². The van der Waals surface area contributed by atoms with Crippen LogP contribution in [0, 0.1) is 0 Å². The highest BCUT2D eigenvalue weighted by Crippen LogP contribution is 2.27. The van der Waals surface area contributed by atoms with Crippen molar-refractivity contribution in [1.82, 2.24) is 9.80 Å². The molecule has 0 spiro atoms. The first-order valence-electron chi connectivity index (χ1n) is 8.06. The number of hydrogen-bond acceptors (Lipinski definition) is 4. The van der Waals surface area contributed by atoms with Crippen LogP contribution in [0.2, 0.25) is 0 Å². The third-order valence-electron chi connectivity index (χ3n) is 4.90. The van der Waals surface area contributed by atoms with Crippen molar-refractivity contribution in [3.8, 4) is 5.75 Å². The number of methoxy groups -OCH3 is 1. The Morgan fingerprint density at radius 3 is 2.95 bits per heavy atom. The third-order valence-corrected chi connectivity index (χ3v) is 4.90. The smallest absolute Gasteiger partial charge is 0.123 e. The summed E-state index contributed by atoms with van der Waals surface area (Å²) in [6, 6.07) is 7.18. The predicted octanol–water partition coefficient (Wildman–Crippen LogP) is 1.99. The average molecular weight is 289 g/mol. The molecule has 0 radical (unpaired) electrons. The van der Waals surface area contributed by atoms with Gasteiger partial charge >= 0.3 is 0 Å². The maximum atomic E-state index is 6.02. The van der Waals surface area contributed by atoms with Crippen LogP contribution in [0.25, 0.3) is 0 Å². The quantitative estimate of drug-likeness (QED) is 0.920. The van der Waals surface area contributed by atoms with Crippen LogP contribution in [0.15, 0.2) is 18.2 Å². The topological polar surface area (TPSA) is 41.7 Å². The van der Waals surface area contributed by atoms with E-state index in [0.717, 1.165) is 24.9 Å². The van der Waals surface area contributed by atoms with Crippen molar-refractivity contribution in [2.24, 2.45) is 5.73 Å². The second-order valence-electron chi connectivity index (χ2n) is 6.43. The van der Waals surface area contributed by atoms with E-state index in [0.29, 0.717) is 0 Å². The SMILES string of the molecule is COc1ccc(C(C)N)cc1CN1CCN2CCCC2C1. The van der Waals surface area contributed by atoms with Crippen molar-refractivity contribution in [3.05, 3.63) is 29.3 Å². The van der Waals surface area contributed by atoms with Crippen LogP contribution in [-0.4, -0.2) is 49.1 Å². The zero-order valence-electron chi connectivity index (χ0n) is 13.2. The number of nitrogens with zero attached hydrogens (tertiary/aromatic N) is 2. The van der Waals surface area contributed by atoms with Gasteiger partial charge in [-0.05, 0) is 44.0 Å². The summed E-state index contributed by atoms with van der Waals surface area (Å²) < 4.78 is 5.53. The van der Waals surface area contributed by atoms with E-state index < -0.39 is 0 Å². The fourth-order valence-electron chi connectivity index (χ4n) is 3.65. The molecule has 0 aromatic heterocycles. The van der Waals surface area contributed by atoms with E-state index in [-0.39, 0.29) is 6.04 Å². The lowest BCUT2D eigenvalue weighted by atomic mass is 10.0. The zero-order chi connectivity index (χ0) is 14.8. The van der Waals surface area contributed by atoms with Gasteiger partial charge in [0.15, 0.2) is 0 Å². The van der Waals surface area contributed by atoms with E-state index in [9.17, 15) is 0 Å². The highest BCUT2D eigenvalue weighted by molar-refractivity contribution is 5.38. The summed E-state index contributed by atoms with van der Waals surface area (Å²) in [6.07, 6.45) is 2.72. The van der Waals surface area contributed by atoms with Gasteiger partial charge in [0, 0.05) is 43.8 Å². The Morgan fingerprint density at radius 1 is 1.33 bits per heavy atom. The van der Waals surface area contributed by atoms with Crippen molar-refractivity contribution in [2.45, 2.75) is 38.4 Å². The largest absolute Gasteiger partial charge is 0.496 e. The van der Waals surface area contributed by atoms with Crippen molar-refractivity contribution in [1.29, 1.82) is 0 Å². The van der Waals surface area contributed by atoms with E-state index in [4.69, 9.17) is 10.5 Å². The number of hydrogen-bond donors (Lipinski definition) is 1. The van der Waals surface area contributed by atoms with Crippen LogP contribution in [-0.2, 0) is 6.54 Å². The maximum Gasteiger partial charge on any atom is 0.123 e. The van der Waals surface area contributed by atoms with Gasteiger partial charge in [-0.2, -0.15) is 0 Å². The van der Waals surface area contributed by atoms with E-state index in [1.165, 1.54) is 43.6 Å². The Labute approximate surface area is 127 Å². The van der Waals surface area contributed by atoms with E-state index in [2.05, 4.69) is 28.0 Å². The molecule has 1 aromatic carbocycles. The molecule has 0 aliphatic carbocycles. The van der Waals surface area contributed by atoms with Gasteiger partial charge in [-0.25, -0.2) is 0 Å². The number of benzene rings is 1. The molecule has 2 heterocycles. The number of ether oxygens (including phenoxy) is 1. The Morgan fingerprint density at radius 2 is 2.19 bits per heavy atom. The van der Waals surface area contributed by atoms with Crippen molar-refractivity contribution in [2.75, 3.05) is 33.3 Å². The van der Waals surface area contributed by atoms with Crippen LogP contribution in [0.1, 0.15) is 36.9 Å². The molecule has 0 bridgehead atoms. The first kappa shape index (κ1) is 14.8. The molecular weight excluding hydrogens is 262 g/mol. The molecule has 2 saturated heterocycles. The third kappa shape index (κ3) is 3.23. The van der Waals surface area contributed by atoms with E-state index in [1.807, 2.05) is 6.92 Å². The van der Waals surface area contributed by atoms with E-state index >= 15 is 0 Å². The number of fused-ring (bicyclic) bond motifs is 1. The Kier molecular flexibility index (Phi) is 4.48. The van der Waals surface area contributed by atoms with Gasteiger partial charge in [-0.3, -0.25) is 9.80 Å². The summed E-state index contributed by atoms with van der Waals surface area (Å²) in [5, 5.41) is 0. The normalized spacial score (nSPS) is 24.8. The number of piperazine rings is 1. The highest BCUT2D eigenvalue weighted by atomic mass is 16.5. The van der Waals surface area contributed by atoms with Gasteiger partial charge in [0.25, 0.3) is 0 Å². The summed E-state index contributed by atoms with van der Waals surface area (Å²) in [6.45, 7) is 7.84. The van der Waals surface area contributed by atoms with Gasteiger partial charge < -0.3 is 10.5 Å². The fourth-order valence-corrected chi connectivity index (χ4v) is 3.65. The lowest BCUT2D eigenvalue weighted by molar-refractivity contribution is 0.0987. The lowest BCUT2D eigenvalue weighted by Crippen LogP contribution is -2.49. The molecule has 116 valence electrons. The first-order valence-corrected chi connectivity index (χ1v) is 8.06. The van der Waals surface area contributed by atoms with E-state index in [1.54, 1.807) is 7.11 Å². The molecule has 4 heteroatoms. The molecular formula is C17H27N3O. The van der Waals surface area contributed by atoms with Gasteiger partial charge in [-0.15, -0.1) is 0 Å². The average Bonchev–Trinajstić information content (AvgIpc) is 2.94. The molecule has 2 aliphatic heterocycles. The van der Waals surface area contributed by atoms with Crippen molar-refractivity contribution >= 4 is 0 Å². The monoisotopic (exact) mass is 289 g/mol. The molecule has 2 fully saturated rings. The molecule has 2 N–H and O–H groups in total. The minimum Gasteiger partial charge on any atom is -0.496 e. The molecule has 0 saturated carbocycles. The summed E-state index contributed by atoms with van der Waals surface area (Å²) in [4.78, 5) is 5.21. The van der Waals surface area contributed by atoms with Gasteiger partial charge in [-0.1, -0.05) is 6.07 Å². The van der Waals surface area contributed by atoms with Gasteiger partial charge in [0.05, 0.1) is 7.11 Å². The molecule has 2 aliphatic rings. The standard InChI is InChI=1S/C17H27N3O/c1-13(18)14-5-6-17(21-2)15(10-14)11-19-8-9-20-7-3-4-16(20)12-19/h5-6,10,13,16H,3-4,7-9,11-12,18H2,1-2H3. The molecule has 0 amide bonds. The Bertz CT molecular complexity index is 489. The van der Waals surface area contributed by atoms with Gasteiger partial charge in [0.2, 0.25) is 0 Å². The van der Waals surface area contributed by atoms with Crippen LogP contribution >= 0.6 is 0 Å². The van der Waals surface area contributed by atoms with Crippen LogP contribution in [0.5, 0.6) is 5.75 Å². The second kappa shape index (κ2) is 6.34. The molecule has 4 nitrogen and oxygen atoms in total. The molecule has 2 atom stereocenters. The second-order valence-corrected chi connectivity index (χ2v) is 6.43. The Balaban J connectivity index is 1.72. The Hall–Kier alpha value is -1.10. The van der Waals surface area contributed by atoms with Crippen LogP contribution < -0.4 is 10.5 Å². The number of nitrogens with two attached hydrogens (primary N) is 1. The first-order chi connectivity index (χ1) is 10.2. The van der Waals surface area contributed by atoms with Crippen molar-refractivity contribution in [3.63, 3.8) is 0 Å². The molecule has 3 rings (SSSR count). The zero-order valence-corrected chi connectivity index (χ0v) is 13.2. The molecule has 21 heavy (non-hydrogen) atoms. The minimum atomic E-state index is 0.0707. The minimum absolute atomic E-state index is 0.0707. The van der Waals surface area contributed by atoms with Crippen LogP contribution in [0.3, 0.4) is 0 Å². The number of rotatable bonds is 4. The molecule has 1 aromatic rings. The fraction of sp³-hybridized carbons (Fsp3) is 0.647. The maximum absolute atomic E-state index is 6.02. The predicted molar refractivity (Wildman–Crippen MR) is 85.5 cm³/mol. The summed E-state index contributed by atoms with van der Waals surface area (Å²) in [5.41, 5.74) is 8.46.